The van der Waals surface area contributed by atoms with Crippen molar-refractivity contribution in [1.82, 2.24) is 55.9 Å². The van der Waals surface area contributed by atoms with Crippen molar-refractivity contribution in [3.63, 3.8) is 0 Å². The molecule has 2 aromatic heterocycles. The molecule has 2 heterocycles. The summed E-state index contributed by atoms with van der Waals surface area (Å²) in [6, 6.07) is 12.8. The lowest BCUT2D eigenvalue weighted by Crippen LogP contribution is -2.46. The third kappa shape index (κ3) is 36.7. The molecular formula is C76H109N15O22. The van der Waals surface area contributed by atoms with E-state index < -0.39 is 30.9 Å². The molecule has 0 spiro atoms. The number of anilines is 4. The normalized spacial score (nSPS) is 11.5. The van der Waals surface area contributed by atoms with Gasteiger partial charge >= 0.3 is 11.9 Å². The van der Waals surface area contributed by atoms with Crippen LogP contribution in [0.25, 0.3) is 5.57 Å². The SMILES string of the molecule is COc1cc(Cc2cnc(N)nc2N)cc(OC)c1OCCCCC(=O)NCCOCCOCCNC(=O)CN(CCN(CCN(CC(=O)O)CC(=O)Cc1ccc2c(c1)CC(=O)C=C2C)COC=O)CC(=O)O.COc1cc(Cc2cnc(N)nc2N)cc(OC)c1OCCCCC(=O)NCCOCCOCCNC(C)=O. The zero-order valence-corrected chi connectivity index (χ0v) is 65.2. The van der Waals surface area contributed by atoms with Crippen molar-refractivity contribution in [1.29, 1.82) is 0 Å². The highest BCUT2D eigenvalue weighted by molar-refractivity contribution is 6.01. The molecule has 1 aliphatic carbocycles. The number of ketones is 2. The summed E-state index contributed by atoms with van der Waals surface area (Å²) in [5, 5.41) is 30.1. The second-order valence-electron chi connectivity index (χ2n) is 25.8. The molecule has 3 aromatic carbocycles. The lowest BCUT2D eigenvalue weighted by molar-refractivity contribution is -0.140. The maximum atomic E-state index is 13.1. The van der Waals surface area contributed by atoms with Crippen LogP contribution in [0.3, 0.4) is 0 Å². The van der Waals surface area contributed by atoms with Gasteiger partial charge in [0.2, 0.25) is 47.0 Å². The van der Waals surface area contributed by atoms with Crippen molar-refractivity contribution in [2.24, 2.45) is 0 Å². The number of allylic oxidation sites excluding steroid dienone is 2. The highest BCUT2D eigenvalue weighted by atomic mass is 16.6. The van der Waals surface area contributed by atoms with Crippen molar-refractivity contribution < 1.29 is 105 Å². The van der Waals surface area contributed by atoms with Gasteiger partial charge in [-0.1, -0.05) is 18.2 Å². The number of aromatic nitrogens is 4. The summed E-state index contributed by atoms with van der Waals surface area (Å²) < 4.78 is 60.9. The molecular weight excluding hydrogens is 1470 g/mol. The molecule has 620 valence electrons. The van der Waals surface area contributed by atoms with E-state index in [-0.39, 0.29) is 145 Å². The van der Waals surface area contributed by atoms with Crippen LogP contribution in [0.5, 0.6) is 34.5 Å². The molecule has 37 heteroatoms. The average Bonchev–Trinajstić information content (AvgIpc) is 0.825. The van der Waals surface area contributed by atoms with Gasteiger partial charge in [0.15, 0.2) is 34.6 Å². The van der Waals surface area contributed by atoms with Gasteiger partial charge in [0.25, 0.3) is 6.47 Å². The summed E-state index contributed by atoms with van der Waals surface area (Å²) in [7, 11) is 6.17. The van der Waals surface area contributed by atoms with Crippen LogP contribution in [0.1, 0.15) is 91.3 Å². The molecule has 0 bridgehead atoms. The Morgan fingerprint density at radius 3 is 1.36 bits per heavy atom. The number of aliphatic carboxylic acids is 2. The monoisotopic (exact) mass is 1580 g/mol. The number of ether oxygens (including phenoxy) is 11. The van der Waals surface area contributed by atoms with Crippen LogP contribution >= 0.6 is 0 Å². The van der Waals surface area contributed by atoms with Crippen molar-refractivity contribution >= 4 is 82.7 Å². The largest absolute Gasteiger partial charge is 0.493 e. The number of nitrogens with zero attached hydrogens (tertiary/aromatic N) is 7. The Bertz CT molecular complexity index is 3860. The molecule has 37 nitrogen and oxygen atoms in total. The zero-order valence-electron chi connectivity index (χ0n) is 65.2. The summed E-state index contributed by atoms with van der Waals surface area (Å²) in [4.78, 5) is 128. The summed E-state index contributed by atoms with van der Waals surface area (Å²) >= 11 is 0. The molecule has 4 amide bonds. The van der Waals surface area contributed by atoms with Crippen LogP contribution in [-0.2, 0) is 92.5 Å². The van der Waals surface area contributed by atoms with Gasteiger partial charge < -0.3 is 107 Å². The molecule has 0 atom stereocenters. The molecule has 14 N–H and O–H groups in total. The fourth-order valence-corrected chi connectivity index (χ4v) is 11.4. The van der Waals surface area contributed by atoms with E-state index in [2.05, 4.69) is 41.2 Å². The van der Waals surface area contributed by atoms with Gasteiger partial charge in [-0.15, -0.1) is 0 Å². The van der Waals surface area contributed by atoms with Gasteiger partial charge in [0.05, 0.1) is 121 Å². The van der Waals surface area contributed by atoms with E-state index in [9.17, 15) is 53.4 Å². The second kappa shape index (κ2) is 52.2. The van der Waals surface area contributed by atoms with Crippen molar-refractivity contribution in [2.45, 2.75) is 78.1 Å². The second-order valence-corrected chi connectivity index (χ2v) is 25.8. The molecule has 5 aromatic rings. The van der Waals surface area contributed by atoms with Crippen molar-refractivity contribution in [3.05, 3.63) is 99.9 Å². The smallest absolute Gasteiger partial charge is 0.317 e. The predicted molar refractivity (Wildman–Crippen MR) is 415 cm³/mol. The standard InChI is InChI=1S/C50H69N9O15.C26H40N6O7/c1-34-20-39(61)26-37-21-35(7-8-41(34)37)23-40(62)28-58(30-46(65)66)13-11-57(32-73-33-60)12-14-59(31-47(67)68)29-45(64)54-10-17-72-19-18-71-16-9-53-44(63)6-4-5-15-74-48-42(69-2)24-36(25-43(48)70-3)22-38-27-55-50(52)56-49(38)51;1-18(33)29-7-10-37-12-13-38-11-8-30-23(34)6-4-5-9-39-24-21(35-2)15-19(16-22(24)36-3)14-20-17-31-26(28)32-25(20)27/h7-8,20-21,24-25,27,33H,4-6,9-19,22-23,26,28-32H2,1-3H3,(H,53,63)(H,54,64)(H,65,66)(H,67,68)(H4,51,52,55,56);15-17H,4-14H2,1-3H3,(H,29,33)(H,30,34)(H4,27,28,31,32). The molecule has 0 radical (unpaired) electrons. The summed E-state index contributed by atoms with van der Waals surface area (Å²) in [5.41, 5.74) is 29.6. The highest BCUT2D eigenvalue weighted by Crippen LogP contribution is 2.41. The molecule has 0 aliphatic heterocycles. The number of nitrogens with two attached hydrogens (primary N) is 4. The maximum absolute atomic E-state index is 13.1. The average molecular weight is 1580 g/mol. The minimum atomic E-state index is -1.17. The molecule has 1 aliphatic rings. The Morgan fingerprint density at radius 2 is 0.947 bits per heavy atom. The van der Waals surface area contributed by atoms with Crippen LogP contribution in [0, 0.1) is 0 Å². The number of carbonyl (C=O) groups is 9. The van der Waals surface area contributed by atoms with Crippen LogP contribution in [0.15, 0.2) is 60.9 Å². The number of benzene rings is 3. The number of Topliss-reactive ketones (excluding diaryl/α,β-unsaturated/α-hetero) is 1. The molecule has 0 unspecified atom stereocenters. The number of unbranched alkanes of at least 4 members (excludes halogenated alkanes) is 2. The third-order valence-corrected chi connectivity index (χ3v) is 16.8. The molecule has 0 fully saturated rings. The lowest BCUT2D eigenvalue weighted by atomic mass is 9.89. The minimum Gasteiger partial charge on any atom is -0.493 e. The maximum Gasteiger partial charge on any atom is 0.317 e. The van der Waals surface area contributed by atoms with Crippen LogP contribution in [-0.4, -0.2) is 278 Å². The van der Waals surface area contributed by atoms with Gasteiger partial charge in [-0.3, -0.25) is 57.9 Å². The molecule has 0 saturated heterocycles. The first-order valence-corrected chi connectivity index (χ1v) is 36.8. The number of carbonyl (C=O) groups excluding carboxylic acids is 7. The Hall–Kier alpha value is -11.1. The quantitative estimate of drug-likeness (QED) is 0.0150. The van der Waals surface area contributed by atoms with Crippen LogP contribution < -0.4 is 72.6 Å². The number of carboxylic acid groups (broad SMARTS) is 2. The third-order valence-electron chi connectivity index (χ3n) is 16.8. The van der Waals surface area contributed by atoms with Crippen LogP contribution in [0.2, 0.25) is 0 Å². The van der Waals surface area contributed by atoms with Crippen LogP contribution in [0.4, 0.5) is 23.5 Å². The number of fused-ring (bicyclic) bond motifs is 1. The Morgan fingerprint density at radius 1 is 0.522 bits per heavy atom. The topological polar surface area (TPSA) is 509 Å². The number of amides is 4. The lowest BCUT2D eigenvalue weighted by Gasteiger charge is -2.28. The van der Waals surface area contributed by atoms with E-state index in [0.29, 0.717) is 162 Å². The Labute approximate surface area is 656 Å². The van der Waals surface area contributed by atoms with Gasteiger partial charge in [-0.2, -0.15) is 9.97 Å². The van der Waals surface area contributed by atoms with Gasteiger partial charge in [-0.05, 0) is 96.3 Å². The van der Waals surface area contributed by atoms with E-state index in [4.69, 9.17) is 75.0 Å². The summed E-state index contributed by atoms with van der Waals surface area (Å²) in [5.74, 6) is 0.467. The summed E-state index contributed by atoms with van der Waals surface area (Å²) in [6.07, 6.45) is 9.11. The Kier molecular flexibility index (Phi) is 42.7. The van der Waals surface area contributed by atoms with Gasteiger partial charge in [0.1, 0.15) is 18.4 Å². The fraction of sp³-hybridized carbons (Fsp3) is 0.513. The van der Waals surface area contributed by atoms with E-state index >= 15 is 0 Å². The van der Waals surface area contributed by atoms with Gasteiger partial charge in [-0.25, -0.2) is 9.97 Å². The number of methoxy groups -OCH3 is 4. The van der Waals surface area contributed by atoms with Gasteiger partial charge in [0, 0.05) is 121 Å². The zero-order chi connectivity index (χ0) is 82.3. The number of carboxylic acids is 2. The van der Waals surface area contributed by atoms with E-state index in [0.717, 1.165) is 33.4 Å². The first kappa shape index (κ1) is 92.5. The summed E-state index contributed by atoms with van der Waals surface area (Å²) in [6.45, 7) is 7.12. The van der Waals surface area contributed by atoms with E-state index in [1.807, 2.05) is 49.4 Å². The number of rotatable bonds is 57. The molecule has 0 saturated carbocycles. The fourth-order valence-electron chi connectivity index (χ4n) is 11.4. The molecule has 6 rings (SSSR count). The number of hydrogen-bond donors (Lipinski definition) is 10. The van der Waals surface area contributed by atoms with Crippen molar-refractivity contribution in [3.8, 4) is 34.5 Å². The van der Waals surface area contributed by atoms with Crippen molar-refractivity contribution in [2.75, 3.05) is 203 Å². The first-order chi connectivity index (χ1) is 54.4. The highest BCUT2D eigenvalue weighted by Gasteiger charge is 2.23. The first-order valence-electron chi connectivity index (χ1n) is 36.8. The number of nitrogens with one attached hydrogen (secondary N) is 4. The Balaban J connectivity index is 0.000000490. The minimum absolute atomic E-state index is 0.0173. The number of hydrogen-bond acceptors (Lipinski definition) is 31. The predicted octanol–water partition coefficient (Wildman–Crippen LogP) is 1.69. The van der Waals surface area contributed by atoms with E-state index in [1.54, 1.807) is 37.6 Å². The number of nitrogen functional groups attached to an aromatic ring is 4. The molecule has 113 heavy (non-hydrogen) atoms. The van der Waals surface area contributed by atoms with E-state index in [1.165, 1.54) is 30.9 Å².